The molecule has 34 heavy (non-hydrogen) atoms. The van der Waals surface area contributed by atoms with Gasteiger partial charge < -0.3 is 24.8 Å². The van der Waals surface area contributed by atoms with E-state index in [2.05, 4.69) is 31.4 Å². The average Bonchev–Trinajstić information content (AvgIpc) is 3.61. The Balaban J connectivity index is 1.54. The van der Waals surface area contributed by atoms with Gasteiger partial charge in [-0.1, -0.05) is 19.1 Å². The van der Waals surface area contributed by atoms with Crippen molar-refractivity contribution in [1.82, 2.24) is 10.6 Å². The molecule has 1 aliphatic carbocycles. The Kier molecular flexibility index (Phi) is 6.79. The summed E-state index contributed by atoms with van der Waals surface area (Å²) in [5, 5.41) is 7.04. The van der Waals surface area contributed by atoms with Gasteiger partial charge in [0.1, 0.15) is 29.5 Å². The SMILES string of the molecule is CCCOc1ccc(OC(C)C2CCCN2)c2c1-c1c(OC(C)C3CCCN3)cccc1C2=O. The van der Waals surface area contributed by atoms with Gasteiger partial charge >= 0.3 is 0 Å². The van der Waals surface area contributed by atoms with E-state index < -0.39 is 0 Å². The number of rotatable bonds is 9. The third-order valence-corrected chi connectivity index (χ3v) is 7.29. The van der Waals surface area contributed by atoms with Crippen molar-refractivity contribution in [2.75, 3.05) is 19.7 Å². The van der Waals surface area contributed by atoms with Crippen LogP contribution < -0.4 is 24.8 Å². The first kappa shape index (κ1) is 23.2. The zero-order valence-electron chi connectivity index (χ0n) is 20.5. The van der Waals surface area contributed by atoms with Crippen molar-refractivity contribution >= 4 is 5.78 Å². The van der Waals surface area contributed by atoms with Gasteiger partial charge in [0.15, 0.2) is 5.78 Å². The summed E-state index contributed by atoms with van der Waals surface area (Å²) in [6.45, 7) is 8.89. The molecule has 6 nitrogen and oxygen atoms in total. The zero-order chi connectivity index (χ0) is 23.7. The Labute approximate surface area is 202 Å². The van der Waals surface area contributed by atoms with Crippen LogP contribution >= 0.6 is 0 Å². The van der Waals surface area contributed by atoms with E-state index in [1.165, 1.54) is 0 Å². The van der Waals surface area contributed by atoms with Crippen LogP contribution in [0.2, 0.25) is 0 Å². The van der Waals surface area contributed by atoms with Gasteiger partial charge in [0, 0.05) is 28.8 Å². The molecule has 4 unspecified atom stereocenters. The minimum Gasteiger partial charge on any atom is -0.493 e. The summed E-state index contributed by atoms with van der Waals surface area (Å²) in [5.41, 5.74) is 2.88. The molecule has 2 fully saturated rings. The van der Waals surface area contributed by atoms with Crippen LogP contribution in [0.25, 0.3) is 11.1 Å². The van der Waals surface area contributed by atoms with Gasteiger partial charge in [0.05, 0.1) is 12.2 Å². The number of benzene rings is 2. The topological polar surface area (TPSA) is 68.8 Å². The average molecular weight is 465 g/mol. The van der Waals surface area contributed by atoms with Crippen LogP contribution in [0.3, 0.4) is 0 Å². The smallest absolute Gasteiger partial charge is 0.198 e. The fourth-order valence-electron chi connectivity index (χ4n) is 5.47. The molecule has 0 bridgehead atoms. The number of carbonyl (C=O) groups is 1. The lowest BCUT2D eigenvalue weighted by atomic mass is 10.0. The van der Waals surface area contributed by atoms with E-state index in [0.717, 1.165) is 62.1 Å². The predicted molar refractivity (Wildman–Crippen MR) is 133 cm³/mol. The number of hydrogen-bond acceptors (Lipinski definition) is 6. The van der Waals surface area contributed by atoms with Gasteiger partial charge in [0.2, 0.25) is 0 Å². The minimum atomic E-state index is -0.0327. The number of ketones is 1. The molecule has 0 radical (unpaired) electrons. The van der Waals surface area contributed by atoms with Crippen molar-refractivity contribution < 1.29 is 19.0 Å². The molecular formula is C28H36N2O4. The standard InChI is InChI=1S/C28H36N2O4/c1-4-16-32-22-12-13-24(34-18(3)21-10-7-15-30-21)27-26(22)25-19(28(27)31)8-5-11-23(25)33-17(2)20-9-6-14-29-20/h5,8,11-13,17-18,20-21,29-30H,4,6-7,9-10,14-16H2,1-3H3. The fourth-order valence-corrected chi connectivity index (χ4v) is 5.47. The lowest BCUT2D eigenvalue weighted by molar-refractivity contribution is 0.103. The Morgan fingerprint density at radius 1 is 0.853 bits per heavy atom. The van der Waals surface area contributed by atoms with Crippen LogP contribution in [0.15, 0.2) is 30.3 Å². The molecule has 0 aromatic heterocycles. The first-order valence-corrected chi connectivity index (χ1v) is 12.9. The lowest BCUT2D eigenvalue weighted by Crippen LogP contribution is -2.36. The number of nitrogens with one attached hydrogen (secondary N) is 2. The van der Waals surface area contributed by atoms with E-state index in [4.69, 9.17) is 14.2 Å². The van der Waals surface area contributed by atoms with Crippen molar-refractivity contribution in [3.63, 3.8) is 0 Å². The van der Waals surface area contributed by atoms with Crippen LogP contribution in [-0.2, 0) is 0 Å². The highest BCUT2D eigenvalue weighted by Crippen LogP contribution is 2.51. The van der Waals surface area contributed by atoms with Crippen LogP contribution in [0, 0.1) is 0 Å². The van der Waals surface area contributed by atoms with Crippen LogP contribution in [0.5, 0.6) is 17.2 Å². The van der Waals surface area contributed by atoms with Crippen molar-refractivity contribution in [3.8, 4) is 28.4 Å². The van der Waals surface area contributed by atoms with Gasteiger partial charge in [-0.15, -0.1) is 0 Å². The highest BCUT2D eigenvalue weighted by atomic mass is 16.5. The van der Waals surface area contributed by atoms with Gasteiger partial charge in [-0.25, -0.2) is 0 Å². The summed E-state index contributed by atoms with van der Waals surface area (Å²) >= 11 is 0. The molecule has 0 saturated carbocycles. The highest BCUT2D eigenvalue weighted by Gasteiger charge is 2.37. The molecule has 2 saturated heterocycles. The third kappa shape index (κ3) is 4.29. The number of fused-ring (bicyclic) bond motifs is 3. The molecule has 0 amide bonds. The molecule has 2 N–H and O–H groups in total. The van der Waals surface area contributed by atoms with Gasteiger partial charge in [-0.3, -0.25) is 4.79 Å². The molecule has 5 rings (SSSR count). The van der Waals surface area contributed by atoms with Gasteiger partial charge in [-0.2, -0.15) is 0 Å². The first-order valence-electron chi connectivity index (χ1n) is 12.9. The van der Waals surface area contributed by atoms with E-state index in [1.54, 1.807) is 0 Å². The van der Waals surface area contributed by atoms with Crippen molar-refractivity contribution in [2.24, 2.45) is 0 Å². The highest BCUT2D eigenvalue weighted by molar-refractivity contribution is 6.25. The van der Waals surface area contributed by atoms with E-state index in [0.29, 0.717) is 41.3 Å². The van der Waals surface area contributed by atoms with E-state index in [1.807, 2.05) is 30.3 Å². The van der Waals surface area contributed by atoms with E-state index in [-0.39, 0.29) is 18.0 Å². The van der Waals surface area contributed by atoms with Gasteiger partial charge in [0.25, 0.3) is 0 Å². The fraction of sp³-hybridized carbons (Fsp3) is 0.536. The second-order valence-electron chi connectivity index (χ2n) is 9.72. The Morgan fingerprint density at radius 3 is 2.06 bits per heavy atom. The molecule has 4 atom stereocenters. The maximum atomic E-state index is 13.7. The maximum Gasteiger partial charge on any atom is 0.198 e. The number of ether oxygens (including phenoxy) is 3. The normalized spacial score (nSPS) is 22.9. The molecule has 2 heterocycles. The Hall–Kier alpha value is -2.57. The largest absolute Gasteiger partial charge is 0.493 e. The number of hydrogen-bond donors (Lipinski definition) is 2. The van der Waals surface area contributed by atoms with Crippen molar-refractivity contribution in [3.05, 3.63) is 41.5 Å². The quantitative estimate of drug-likeness (QED) is 0.477. The molecule has 2 aromatic carbocycles. The number of carbonyl (C=O) groups excluding carboxylic acids is 1. The summed E-state index contributed by atoms with van der Waals surface area (Å²) in [6, 6.07) is 10.2. The van der Waals surface area contributed by atoms with Crippen molar-refractivity contribution in [2.45, 2.75) is 77.2 Å². The second-order valence-corrected chi connectivity index (χ2v) is 9.72. The van der Waals surface area contributed by atoms with E-state index in [9.17, 15) is 4.79 Å². The maximum absolute atomic E-state index is 13.7. The Bertz CT molecular complexity index is 1040. The summed E-state index contributed by atoms with van der Waals surface area (Å²) in [7, 11) is 0. The molecule has 2 aliphatic heterocycles. The van der Waals surface area contributed by atoms with Crippen LogP contribution in [-0.4, -0.2) is 49.8 Å². The molecule has 6 heteroatoms. The lowest BCUT2D eigenvalue weighted by Gasteiger charge is -2.24. The summed E-state index contributed by atoms with van der Waals surface area (Å²) in [5.74, 6) is 2.05. The summed E-state index contributed by atoms with van der Waals surface area (Å²) in [6.07, 6.45) is 5.36. The first-order chi connectivity index (χ1) is 16.6. The molecule has 3 aliphatic rings. The summed E-state index contributed by atoms with van der Waals surface area (Å²) in [4.78, 5) is 13.7. The van der Waals surface area contributed by atoms with E-state index >= 15 is 0 Å². The second kappa shape index (κ2) is 9.96. The molecule has 0 spiro atoms. The third-order valence-electron chi connectivity index (χ3n) is 7.29. The van der Waals surface area contributed by atoms with Gasteiger partial charge in [-0.05, 0) is 77.2 Å². The monoisotopic (exact) mass is 464 g/mol. The molecule has 2 aromatic rings. The van der Waals surface area contributed by atoms with Crippen LogP contribution in [0.4, 0.5) is 0 Å². The summed E-state index contributed by atoms with van der Waals surface area (Å²) < 4.78 is 19.0. The minimum absolute atomic E-state index is 0.000980. The molecule has 182 valence electrons. The predicted octanol–water partition coefficient (Wildman–Crippen LogP) is 4.73. The van der Waals surface area contributed by atoms with Crippen LogP contribution in [0.1, 0.15) is 68.8 Å². The Morgan fingerprint density at radius 2 is 1.47 bits per heavy atom. The zero-order valence-corrected chi connectivity index (χ0v) is 20.5. The van der Waals surface area contributed by atoms with Crippen molar-refractivity contribution in [1.29, 1.82) is 0 Å². The molecular weight excluding hydrogens is 428 g/mol.